The Hall–Kier alpha value is -1.07. The van der Waals surface area contributed by atoms with Gasteiger partial charge in [-0.25, -0.2) is 0 Å². The topological polar surface area (TPSA) is 43.0 Å². The van der Waals surface area contributed by atoms with Crippen molar-refractivity contribution in [1.29, 1.82) is 0 Å². The fraction of sp³-hybridized carbons (Fsp3) is 0.417. The van der Waals surface area contributed by atoms with E-state index in [9.17, 15) is 0 Å². The fourth-order valence-corrected chi connectivity index (χ4v) is 2.42. The lowest BCUT2D eigenvalue weighted by atomic mass is 10.1. The molecule has 2 heterocycles. The zero-order valence-electron chi connectivity index (χ0n) is 9.98. The summed E-state index contributed by atoms with van der Waals surface area (Å²) in [6.45, 7) is 3.10. The van der Waals surface area contributed by atoms with Crippen molar-refractivity contribution in [3.05, 3.63) is 40.5 Å². The Morgan fingerprint density at radius 2 is 2.41 bits per heavy atom. The van der Waals surface area contributed by atoms with E-state index >= 15 is 0 Å². The van der Waals surface area contributed by atoms with Crippen LogP contribution in [0, 0.1) is 0 Å². The lowest BCUT2D eigenvalue weighted by Crippen LogP contribution is -2.25. The second-order valence-corrected chi connectivity index (χ2v) is 4.80. The van der Waals surface area contributed by atoms with Crippen LogP contribution in [0.4, 0.5) is 0 Å². The minimum atomic E-state index is 0.107. The number of halogens is 1. The number of rotatable bonds is 5. The minimum Gasteiger partial charge on any atom is -0.472 e. The van der Waals surface area contributed by atoms with Gasteiger partial charge in [-0.1, -0.05) is 6.92 Å². The highest BCUT2D eigenvalue weighted by molar-refractivity contribution is 9.10. The molecule has 4 nitrogen and oxygen atoms in total. The van der Waals surface area contributed by atoms with Gasteiger partial charge in [0.1, 0.15) is 0 Å². The van der Waals surface area contributed by atoms with Crippen molar-refractivity contribution in [3.63, 3.8) is 0 Å². The summed E-state index contributed by atoms with van der Waals surface area (Å²) < 4.78 is 8.06. The zero-order chi connectivity index (χ0) is 12.3. The van der Waals surface area contributed by atoms with Crippen molar-refractivity contribution in [2.75, 3.05) is 6.54 Å². The normalized spacial score (nSPS) is 12.9. The smallest absolute Gasteiger partial charge is 0.0954 e. The Bertz CT molecular complexity index is 445. The largest absolute Gasteiger partial charge is 0.472 e. The average Bonchev–Trinajstić information content (AvgIpc) is 2.93. The van der Waals surface area contributed by atoms with Crippen molar-refractivity contribution in [1.82, 2.24) is 15.1 Å². The van der Waals surface area contributed by atoms with Crippen molar-refractivity contribution >= 4 is 15.9 Å². The molecule has 2 rings (SSSR count). The Balaban J connectivity index is 2.33. The van der Waals surface area contributed by atoms with Gasteiger partial charge in [-0.15, -0.1) is 0 Å². The molecule has 1 unspecified atom stereocenters. The molecule has 0 aromatic carbocycles. The van der Waals surface area contributed by atoms with E-state index in [1.165, 1.54) is 0 Å². The molecule has 92 valence electrons. The summed E-state index contributed by atoms with van der Waals surface area (Å²) >= 11 is 3.54. The Kier molecular flexibility index (Phi) is 4.02. The number of hydrogen-bond donors (Lipinski definition) is 1. The summed E-state index contributed by atoms with van der Waals surface area (Å²) in [5, 5.41) is 7.76. The maximum absolute atomic E-state index is 5.17. The van der Waals surface area contributed by atoms with Crippen molar-refractivity contribution in [3.8, 4) is 0 Å². The predicted octanol–water partition coefficient (Wildman–Crippen LogP) is 2.86. The number of nitrogens with one attached hydrogen (secondary N) is 1. The van der Waals surface area contributed by atoms with Gasteiger partial charge in [-0.2, -0.15) is 5.10 Å². The molecule has 0 spiro atoms. The molecule has 0 fully saturated rings. The molecule has 1 atom stereocenters. The number of furan rings is 1. The third kappa shape index (κ3) is 2.61. The van der Waals surface area contributed by atoms with E-state index in [4.69, 9.17) is 4.42 Å². The Morgan fingerprint density at radius 1 is 1.59 bits per heavy atom. The Morgan fingerprint density at radius 3 is 2.94 bits per heavy atom. The van der Waals surface area contributed by atoms with Gasteiger partial charge in [-0.05, 0) is 35.0 Å². The average molecular weight is 298 g/mol. The number of nitrogens with zero attached hydrogens (tertiary/aromatic N) is 2. The van der Waals surface area contributed by atoms with Crippen LogP contribution in [0.5, 0.6) is 0 Å². The maximum Gasteiger partial charge on any atom is 0.0954 e. The molecule has 0 radical (unpaired) electrons. The maximum atomic E-state index is 5.17. The lowest BCUT2D eigenvalue weighted by molar-refractivity contribution is 0.530. The number of hydrogen-bond acceptors (Lipinski definition) is 3. The van der Waals surface area contributed by atoms with E-state index in [1.807, 2.05) is 24.0 Å². The van der Waals surface area contributed by atoms with Gasteiger partial charge < -0.3 is 9.73 Å². The molecular formula is C12H16BrN3O. The summed E-state index contributed by atoms with van der Waals surface area (Å²) in [5.74, 6) is 0. The molecule has 0 bridgehead atoms. The summed E-state index contributed by atoms with van der Waals surface area (Å²) in [5.41, 5.74) is 2.22. The van der Waals surface area contributed by atoms with Crippen LogP contribution in [-0.4, -0.2) is 16.3 Å². The molecule has 0 amide bonds. The molecule has 2 aromatic heterocycles. The van der Waals surface area contributed by atoms with E-state index in [0.29, 0.717) is 0 Å². The SMILES string of the molecule is CCCNC(c1ccoc1)c1c(Br)cnn1C. The summed E-state index contributed by atoms with van der Waals surface area (Å²) in [6.07, 6.45) is 6.37. The molecule has 5 heteroatoms. The highest BCUT2D eigenvalue weighted by atomic mass is 79.9. The van der Waals surface area contributed by atoms with Gasteiger partial charge in [0.15, 0.2) is 0 Å². The third-order valence-corrected chi connectivity index (χ3v) is 3.30. The monoisotopic (exact) mass is 297 g/mol. The highest BCUT2D eigenvalue weighted by Crippen LogP contribution is 2.28. The second kappa shape index (κ2) is 5.51. The number of aryl methyl sites for hydroxylation is 1. The van der Waals surface area contributed by atoms with Crippen LogP contribution in [0.15, 0.2) is 33.7 Å². The van der Waals surface area contributed by atoms with Crippen LogP contribution in [-0.2, 0) is 7.05 Å². The van der Waals surface area contributed by atoms with Gasteiger partial charge in [0, 0.05) is 12.6 Å². The van der Waals surface area contributed by atoms with Crippen molar-refractivity contribution < 1.29 is 4.42 Å². The first-order chi connectivity index (χ1) is 8.24. The molecule has 1 N–H and O–H groups in total. The summed E-state index contributed by atoms with van der Waals surface area (Å²) in [6, 6.07) is 2.09. The highest BCUT2D eigenvalue weighted by Gasteiger charge is 2.20. The molecular weight excluding hydrogens is 282 g/mol. The first-order valence-electron chi connectivity index (χ1n) is 5.67. The standard InChI is InChI=1S/C12H16BrN3O/c1-3-5-14-11(9-4-6-17-8-9)12-10(13)7-15-16(12)2/h4,6-8,11,14H,3,5H2,1-2H3. The van der Waals surface area contributed by atoms with Crippen LogP contribution < -0.4 is 5.32 Å². The van der Waals surface area contributed by atoms with Gasteiger partial charge in [0.05, 0.1) is 34.9 Å². The fourth-order valence-electron chi connectivity index (χ4n) is 1.85. The van der Waals surface area contributed by atoms with Crippen LogP contribution in [0.25, 0.3) is 0 Å². The number of aromatic nitrogens is 2. The van der Waals surface area contributed by atoms with Crippen molar-refractivity contribution in [2.24, 2.45) is 7.05 Å². The van der Waals surface area contributed by atoms with E-state index in [2.05, 4.69) is 33.3 Å². The molecule has 0 saturated heterocycles. The molecule has 0 aliphatic carbocycles. The first kappa shape index (κ1) is 12.4. The summed E-state index contributed by atoms with van der Waals surface area (Å²) in [7, 11) is 1.95. The molecule has 0 aliphatic heterocycles. The minimum absolute atomic E-state index is 0.107. The predicted molar refractivity (Wildman–Crippen MR) is 69.8 cm³/mol. The lowest BCUT2D eigenvalue weighted by Gasteiger charge is -2.18. The van der Waals surface area contributed by atoms with Gasteiger partial charge >= 0.3 is 0 Å². The van der Waals surface area contributed by atoms with Crippen LogP contribution in [0.1, 0.15) is 30.6 Å². The van der Waals surface area contributed by atoms with Crippen LogP contribution in [0.3, 0.4) is 0 Å². The van der Waals surface area contributed by atoms with E-state index < -0.39 is 0 Å². The van der Waals surface area contributed by atoms with Crippen LogP contribution >= 0.6 is 15.9 Å². The van der Waals surface area contributed by atoms with E-state index in [-0.39, 0.29) is 6.04 Å². The molecule has 17 heavy (non-hydrogen) atoms. The zero-order valence-corrected chi connectivity index (χ0v) is 11.6. The quantitative estimate of drug-likeness (QED) is 0.923. The molecule has 0 saturated carbocycles. The van der Waals surface area contributed by atoms with Crippen LogP contribution in [0.2, 0.25) is 0 Å². The molecule has 2 aromatic rings. The summed E-state index contributed by atoms with van der Waals surface area (Å²) in [4.78, 5) is 0. The second-order valence-electron chi connectivity index (χ2n) is 3.95. The van der Waals surface area contributed by atoms with E-state index in [0.717, 1.165) is 28.7 Å². The van der Waals surface area contributed by atoms with Gasteiger partial charge in [-0.3, -0.25) is 4.68 Å². The van der Waals surface area contributed by atoms with Gasteiger partial charge in [0.25, 0.3) is 0 Å². The van der Waals surface area contributed by atoms with E-state index in [1.54, 1.807) is 12.5 Å². The van der Waals surface area contributed by atoms with Gasteiger partial charge in [0.2, 0.25) is 0 Å². The third-order valence-electron chi connectivity index (χ3n) is 2.69. The molecule has 0 aliphatic rings. The van der Waals surface area contributed by atoms with Crippen molar-refractivity contribution in [2.45, 2.75) is 19.4 Å². The Labute approximate surface area is 109 Å². The first-order valence-corrected chi connectivity index (χ1v) is 6.46.